The van der Waals surface area contributed by atoms with Gasteiger partial charge in [0.2, 0.25) is 0 Å². The highest BCUT2D eigenvalue weighted by atomic mass is 15.1. The molecule has 0 spiro atoms. The van der Waals surface area contributed by atoms with Gasteiger partial charge in [0.15, 0.2) is 0 Å². The monoisotopic (exact) mass is 916 g/mol. The molecule has 0 amide bonds. The zero-order chi connectivity index (χ0) is 47.8. The second kappa shape index (κ2) is 18.4. The molecule has 0 bridgehead atoms. The minimum Gasteiger partial charge on any atom is -0.310 e. The molecule has 2 heteroatoms. The average molecular weight is 917 g/mol. The molecule has 0 aliphatic rings. The van der Waals surface area contributed by atoms with Crippen molar-refractivity contribution in [2.75, 3.05) is 4.90 Å². The lowest BCUT2D eigenvalue weighted by Crippen LogP contribution is -2.11. The Labute approximate surface area is 420 Å². The summed E-state index contributed by atoms with van der Waals surface area (Å²) in [5.41, 5.74) is 21.0. The van der Waals surface area contributed by atoms with Gasteiger partial charge in [0.25, 0.3) is 0 Å². The predicted octanol–water partition coefficient (Wildman–Crippen LogP) is 19.4. The van der Waals surface area contributed by atoms with Gasteiger partial charge in [-0.3, -0.25) is 0 Å². The quantitative estimate of drug-likeness (QED) is 0.133. The number of benzene rings is 12. The van der Waals surface area contributed by atoms with Crippen molar-refractivity contribution in [1.82, 2.24) is 4.57 Å². The van der Waals surface area contributed by atoms with E-state index < -0.39 is 0 Å². The maximum Gasteiger partial charge on any atom is 0.0547 e. The first-order valence-corrected chi connectivity index (χ1v) is 24.7. The van der Waals surface area contributed by atoms with E-state index in [2.05, 4.69) is 301 Å². The van der Waals surface area contributed by atoms with Gasteiger partial charge in [0.1, 0.15) is 0 Å². The van der Waals surface area contributed by atoms with E-state index in [0.29, 0.717) is 0 Å². The number of para-hydroxylation sites is 3. The molecule has 0 fully saturated rings. The summed E-state index contributed by atoms with van der Waals surface area (Å²) in [7, 11) is 0. The zero-order valence-electron chi connectivity index (χ0n) is 39.6. The molecule has 72 heavy (non-hydrogen) atoms. The van der Waals surface area contributed by atoms with Gasteiger partial charge < -0.3 is 9.47 Å². The summed E-state index contributed by atoms with van der Waals surface area (Å²) in [6, 6.07) is 106. The Morgan fingerprint density at radius 1 is 0.250 bits per heavy atom. The van der Waals surface area contributed by atoms with E-state index in [0.717, 1.165) is 33.9 Å². The van der Waals surface area contributed by atoms with Crippen LogP contribution in [0.25, 0.3) is 105 Å². The van der Waals surface area contributed by atoms with Crippen molar-refractivity contribution in [3.8, 4) is 72.4 Å². The molecule has 0 aliphatic heterocycles. The highest BCUT2D eigenvalue weighted by Crippen LogP contribution is 2.44. The van der Waals surface area contributed by atoms with Crippen LogP contribution in [0.1, 0.15) is 0 Å². The van der Waals surface area contributed by atoms with Crippen LogP contribution < -0.4 is 4.90 Å². The van der Waals surface area contributed by atoms with E-state index in [1.54, 1.807) is 0 Å². The summed E-state index contributed by atoms with van der Waals surface area (Å²) in [6.07, 6.45) is 0. The fourth-order valence-corrected chi connectivity index (χ4v) is 10.7. The summed E-state index contributed by atoms with van der Waals surface area (Å²) in [5.74, 6) is 0. The lowest BCUT2D eigenvalue weighted by Gasteiger charge is -2.28. The zero-order valence-corrected chi connectivity index (χ0v) is 39.6. The largest absolute Gasteiger partial charge is 0.310 e. The number of rotatable bonds is 10. The van der Waals surface area contributed by atoms with Crippen molar-refractivity contribution in [1.29, 1.82) is 0 Å². The van der Waals surface area contributed by atoms with Gasteiger partial charge in [-0.15, -0.1) is 0 Å². The fourth-order valence-electron chi connectivity index (χ4n) is 10.7. The molecule has 0 unspecified atom stereocenters. The Hall–Kier alpha value is -9.50. The molecule has 0 N–H and O–H groups in total. The smallest absolute Gasteiger partial charge is 0.0547 e. The van der Waals surface area contributed by atoms with Crippen LogP contribution in [0.5, 0.6) is 0 Å². The molecule has 1 aromatic heterocycles. The molecule has 12 aromatic carbocycles. The first kappa shape index (κ1) is 42.6. The molecular weight excluding hydrogens is 869 g/mol. The summed E-state index contributed by atoms with van der Waals surface area (Å²) in [6.45, 7) is 0. The third kappa shape index (κ3) is 7.82. The second-order valence-corrected chi connectivity index (χ2v) is 18.5. The third-order valence-corrected chi connectivity index (χ3v) is 14.2. The fraction of sp³-hybridized carbons (Fsp3) is 0. The molecule has 0 aliphatic carbocycles. The number of hydrogen-bond acceptors (Lipinski definition) is 1. The van der Waals surface area contributed by atoms with Crippen LogP contribution in [0.4, 0.5) is 17.1 Å². The summed E-state index contributed by atoms with van der Waals surface area (Å²) in [5, 5.41) is 5.01. The van der Waals surface area contributed by atoms with E-state index >= 15 is 0 Å². The molecule has 0 saturated heterocycles. The van der Waals surface area contributed by atoms with Gasteiger partial charge in [-0.2, -0.15) is 0 Å². The van der Waals surface area contributed by atoms with E-state index in [9.17, 15) is 0 Å². The van der Waals surface area contributed by atoms with Gasteiger partial charge in [-0.05, 0) is 139 Å². The number of hydrogen-bond donors (Lipinski definition) is 0. The van der Waals surface area contributed by atoms with Gasteiger partial charge >= 0.3 is 0 Å². The molecule has 0 atom stereocenters. The SMILES string of the molecule is c1ccc(-c2cccc(-c3ccc(N(c4ccc(-c5ccc(-c6cccc7ccccc67)cc5)cc4)c4ccccc4-c4cccc(-c5cccc6c5c5ccccc5n6-c5ccccc5)c4)cc3)c2)cc1. The predicted molar refractivity (Wildman–Crippen MR) is 306 cm³/mol. The standard InChI is InChI=1S/C70H48N2/c1-3-17-49(18-4-1)55-21-13-22-56(47-55)52-41-45-61(46-42-52)71(60-43-39-51(40-44-60)50-35-37-54(38-36-50)63-30-15-20-53-19-7-8-27-62(53)63)67-32-11-9-28-64(67)57-23-14-24-58(48-57)65-31-16-34-69-70(65)66-29-10-12-33-68(66)72(69)59-25-5-2-6-26-59/h1-48H. The van der Waals surface area contributed by atoms with Gasteiger partial charge in [-0.1, -0.05) is 224 Å². The van der Waals surface area contributed by atoms with Crippen molar-refractivity contribution >= 4 is 49.6 Å². The number of aromatic nitrogens is 1. The molecule has 2 nitrogen and oxygen atoms in total. The van der Waals surface area contributed by atoms with Crippen LogP contribution in [0.2, 0.25) is 0 Å². The molecule has 1 heterocycles. The lowest BCUT2D eigenvalue weighted by atomic mass is 9.94. The molecule has 338 valence electrons. The summed E-state index contributed by atoms with van der Waals surface area (Å²) < 4.78 is 2.39. The Kier molecular flexibility index (Phi) is 10.9. The Morgan fingerprint density at radius 3 is 1.40 bits per heavy atom. The topological polar surface area (TPSA) is 8.17 Å². The number of fused-ring (bicyclic) bond motifs is 4. The normalized spacial score (nSPS) is 11.3. The third-order valence-electron chi connectivity index (χ3n) is 14.2. The van der Waals surface area contributed by atoms with E-state index in [1.807, 2.05) is 0 Å². The lowest BCUT2D eigenvalue weighted by molar-refractivity contribution is 1.18. The van der Waals surface area contributed by atoms with Crippen LogP contribution in [0, 0.1) is 0 Å². The molecule has 13 aromatic rings. The highest BCUT2D eigenvalue weighted by molar-refractivity contribution is 6.16. The maximum atomic E-state index is 2.41. The van der Waals surface area contributed by atoms with E-state index in [1.165, 1.54) is 88.2 Å². The van der Waals surface area contributed by atoms with Crippen LogP contribution >= 0.6 is 0 Å². The van der Waals surface area contributed by atoms with Crippen molar-refractivity contribution in [2.45, 2.75) is 0 Å². The van der Waals surface area contributed by atoms with Gasteiger partial charge in [0.05, 0.1) is 16.7 Å². The highest BCUT2D eigenvalue weighted by Gasteiger charge is 2.20. The van der Waals surface area contributed by atoms with E-state index in [4.69, 9.17) is 0 Å². The first-order chi connectivity index (χ1) is 35.7. The Balaban J connectivity index is 0.903. The van der Waals surface area contributed by atoms with E-state index in [-0.39, 0.29) is 0 Å². The van der Waals surface area contributed by atoms with Crippen molar-refractivity contribution in [2.24, 2.45) is 0 Å². The van der Waals surface area contributed by atoms with Crippen LogP contribution in [0.3, 0.4) is 0 Å². The average Bonchev–Trinajstić information content (AvgIpc) is 3.81. The first-order valence-electron chi connectivity index (χ1n) is 24.7. The molecule has 0 radical (unpaired) electrons. The minimum atomic E-state index is 1.08. The Bertz CT molecular complexity index is 4050. The summed E-state index contributed by atoms with van der Waals surface area (Å²) >= 11 is 0. The van der Waals surface area contributed by atoms with Crippen molar-refractivity contribution in [3.05, 3.63) is 291 Å². The van der Waals surface area contributed by atoms with Gasteiger partial charge in [0, 0.05) is 33.4 Å². The van der Waals surface area contributed by atoms with Crippen LogP contribution in [-0.2, 0) is 0 Å². The molecule has 13 rings (SSSR count). The molecular formula is C70H48N2. The van der Waals surface area contributed by atoms with Crippen LogP contribution in [-0.4, -0.2) is 4.57 Å². The summed E-state index contributed by atoms with van der Waals surface area (Å²) in [4.78, 5) is 2.41. The van der Waals surface area contributed by atoms with Crippen molar-refractivity contribution < 1.29 is 0 Å². The number of anilines is 3. The van der Waals surface area contributed by atoms with Crippen molar-refractivity contribution in [3.63, 3.8) is 0 Å². The molecule has 0 saturated carbocycles. The van der Waals surface area contributed by atoms with Gasteiger partial charge in [-0.25, -0.2) is 0 Å². The second-order valence-electron chi connectivity index (χ2n) is 18.5. The van der Waals surface area contributed by atoms with Crippen LogP contribution in [0.15, 0.2) is 291 Å². The maximum absolute atomic E-state index is 2.41. The Morgan fingerprint density at radius 2 is 0.681 bits per heavy atom. The minimum absolute atomic E-state index is 1.08. The number of nitrogens with zero attached hydrogens (tertiary/aromatic N) is 2.